The van der Waals surface area contributed by atoms with E-state index < -0.39 is 86.5 Å². The molecule has 0 unspecified atom stereocenters. The summed E-state index contributed by atoms with van der Waals surface area (Å²) < 4.78 is 144. The fourth-order valence-corrected chi connectivity index (χ4v) is 8.71. The second kappa shape index (κ2) is 26.6. The fourth-order valence-electron chi connectivity index (χ4n) is 6.38. The number of hydrogen-bond donors (Lipinski definition) is 8. The predicted octanol–water partition coefficient (Wildman–Crippen LogP) is -5.48. The maximum Gasteiger partial charge on any atom is 1.00 e. The molecule has 8 N–H and O–H groups in total. The topological polar surface area (TPSA) is 442 Å². The largest absolute Gasteiger partial charge is 1.00 e. The zero-order chi connectivity index (χ0) is 52.4. The molecule has 0 radical (unpaired) electrons. The molecule has 4 aromatic carbocycles. The third kappa shape index (κ3) is 17.2. The van der Waals surface area contributed by atoms with Crippen LogP contribution in [-0.4, -0.2) is 155 Å². The minimum Gasteiger partial charge on any atom is -0.744 e. The van der Waals surface area contributed by atoms with Gasteiger partial charge < -0.3 is 69.7 Å². The molecule has 0 aliphatic carbocycles. The van der Waals surface area contributed by atoms with Gasteiger partial charge in [0.15, 0.2) is 0 Å². The minimum absolute atomic E-state index is 0. The number of hydrogen-bond acceptors (Lipinski definition) is 28. The summed E-state index contributed by atoms with van der Waals surface area (Å²) in [6.45, 7) is -1.84. The Morgan fingerprint density at radius 3 is 0.946 bits per heavy atom. The van der Waals surface area contributed by atoms with Gasteiger partial charge in [0, 0.05) is 48.9 Å². The average Bonchev–Trinajstić information content (AvgIpc) is 3.30. The Kier molecular flexibility index (Phi) is 22.1. The van der Waals surface area contributed by atoms with Crippen LogP contribution in [0.3, 0.4) is 0 Å². The maximum atomic E-state index is 12.6. The summed E-state index contributed by atoms with van der Waals surface area (Å²) in [6.07, 6.45) is 2.12. The van der Waals surface area contributed by atoms with Crippen LogP contribution in [-0.2, 0) is 40.5 Å². The van der Waals surface area contributed by atoms with E-state index >= 15 is 0 Å². The zero-order valence-corrected chi connectivity index (χ0v) is 46.1. The van der Waals surface area contributed by atoms with Gasteiger partial charge in [0.25, 0.3) is 0 Å². The van der Waals surface area contributed by atoms with E-state index in [-0.39, 0.29) is 156 Å². The van der Waals surface area contributed by atoms with Gasteiger partial charge in [-0.05, 0) is 83.9 Å². The number of aromatic nitrogens is 6. The smallest absolute Gasteiger partial charge is 0.744 e. The van der Waals surface area contributed by atoms with E-state index in [4.69, 9.17) is 0 Å². The molecule has 28 nitrogen and oxygen atoms in total. The van der Waals surface area contributed by atoms with Crippen molar-refractivity contribution in [2.45, 2.75) is 19.6 Å². The molecule has 74 heavy (non-hydrogen) atoms. The van der Waals surface area contributed by atoms with Crippen molar-refractivity contribution in [2.24, 2.45) is 0 Å². The van der Waals surface area contributed by atoms with E-state index in [0.717, 1.165) is 48.6 Å². The molecule has 384 valence electrons. The van der Waals surface area contributed by atoms with Crippen LogP contribution in [0.25, 0.3) is 12.2 Å². The molecule has 6 rings (SSSR count). The molecule has 0 saturated heterocycles. The van der Waals surface area contributed by atoms with Gasteiger partial charge in [-0.1, -0.05) is 24.3 Å². The maximum absolute atomic E-state index is 12.6. The molecule has 0 saturated carbocycles. The normalized spacial score (nSPS) is 11.8. The molecule has 2 heterocycles. The van der Waals surface area contributed by atoms with Crippen LogP contribution < -0.4 is 90.2 Å². The molecule has 0 aliphatic rings. The second-order valence-corrected chi connectivity index (χ2v) is 20.1. The Labute approximate surface area is 469 Å². The summed E-state index contributed by atoms with van der Waals surface area (Å²) in [5.74, 6) is -1.12. The summed E-state index contributed by atoms with van der Waals surface area (Å²) in [5, 5.41) is 49.6. The number of nitrogens with one attached hydrogen (secondary N) is 4. The van der Waals surface area contributed by atoms with E-state index in [2.05, 4.69) is 51.2 Å². The van der Waals surface area contributed by atoms with Gasteiger partial charge in [-0.3, -0.25) is 0 Å². The molecule has 0 spiro atoms. The third-order valence-corrected chi connectivity index (χ3v) is 13.1. The van der Waals surface area contributed by atoms with Gasteiger partial charge in [-0.2, -0.15) is 29.9 Å². The van der Waals surface area contributed by atoms with Crippen molar-refractivity contribution in [2.75, 3.05) is 83.7 Å². The van der Waals surface area contributed by atoms with E-state index in [0.29, 0.717) is 0 Å². The molecule has 2 aromatic heterocycles. The van der Waals surface area contributed by atoms with Crippen molar-refractivity contribution in [3.05, 3.63) is 96.1 Å². The summed E-state index contributed by atoms with van der Waals surface area (Å²) in [5.41, 5.74) is -0.253. The zero-order valence-electron chi connectivity index (χ0n) is 39.8. The fraction of sp³-hybridized carbons (Fsp3) is 0.200. The molecule has 0 bridgehead atoms. The van der Waals surface area contributed by atoms with Gasteiger partial charge in [0.2, 0.25) is 35.7 Å². The number of anilines is 10. The summed E-state index contributed by atoms with van der Waals surface area (Å²) in [6, 6.07) is 15.9. The Morgan fingerprint density at radius 2 is 0.689 bits per heavy atom. The van der Waals surface area contributed by atoms with Crippen LogP contribution >= 0.6 is 0 Å². The molecule has 0 fully saturated rings. The summed E-state index contributed by atoms with van der Waals surface area (Å²) in [7, 11) is -20.1. The van der Waals surface area contributed by atoms with E-state index in [1.54, 1.807) is 0 Å². The van der Waals surface area contributed by atoms with Crippen molar-refractivity contribution < 1.29 is 133 Å². The Balaban J connectivity index is 0.00000494. The van der Waals surface area contributed by atoms with Gasteiger partial charge in [0.05, 0.1) is 46.0 Å². The van der Waals surface area contributed by atoms with Crippen molar-refractivity contribution in [3.63, 3.8) is 0 Å². The SMILES string of the molecule is O=S(=O)([O-])c1ccc(Nc2nc(Nc3ccc(/C=C/c4ccc(Nc5nc(Nc6ccc(S(=O)(=O)[O-])cc6)nc(N(CCO)CCO)n5)cc4S(=O)(=O)[O-])c(S(=O)(=O)[O-])c3)nc(N(CCO)CCO)n2)cc1.[H+].[Na+].[Na+]. The van der Waals surface area contributed by atoms with Gasteiger partial charge in [-0.15, -0.1) is 0 Å². The number of aliphatic hydroxyl groups excluding tert-OH is 4. The van der Waals surface area contributed by atoms with Crippen LogP contribution in [0.4, 0.5) is 58.4 Å². The summed E-state index contributed by atoms with van der Waals surface area (Å²) in [4.78, 5) is 25.7. The van der Waals surface area contributed by atoms with Crippen molar-refractivity contribution in [1.82, 2.24) is 29.9 Å². The second-order valence-electron chi connectivity index (χ2n) is 14.6. The van der Waals surface area contributed by atoms with Gasteiger partial charge in [0.1, 0.15) is 40.5 Å². The van der Waals surface area contributed by atoms with Crippen LogP contribution in [0.2, 0.25) is 0 Å². The van der Waals surface area contributed by atoms with Crippen LogP contribution in [0.1, 0.15) is 12.6 Å². The van der Waals surface area contributed by atoms with Crippen LogP contribution in [0.5, 0.6) is 0 Å². The number of nitrogens with zero attached hydrogens (tertiary/aromatic N) is 8. The Bertz CT molecular complexity index is 3180. The molecule has 0 aliphatic heterocycles. The molecular formula is C40H41N12Na2O16S4-. The molecule has 34 heteroatoms. The predicted molar refractivity (Wildman–Crippen MR) is 253 cm³/mol. The van der Waals surface area contributed by atoms with Gasteiger partial charge in [-0.25, -0.2) is 33.7 Å². The molecular weight excluding hydrogens is 1080 g/mol. The minimum atomic E-state index is -5.30. The third-order valence-electron chi connectivity index (χ3n) is 9.61. The molecule has 0 amide bonds. The monoisotopic (exact) mass is 1120 g/mol. The summed E-state index contributed by atoms with van der Waals surface area (Å²) >= 11 is 0. The first kappa shape index (κ1) is 61.5. The Hall–Kier alpha value is -5.08. The number of benzene rings is 4. The van der Waals surface area contributed by atoms with Crippen molar-refractivity contribution in [3.8, 4) is 0 Å². The van der Waals surface area contributed by atoms with Crippen LogP contribution in [0.15, 0.2) is 105 Å². The quantitative estimate of drug-likeness (QED) is 0.0159. The Morgan fingerprint density at radius 1 is 0.419 bits per heavy atom. The van der Waals surface area contributed by atoms with E-state index in [1.165, 1.54) is 58.3 Å². The number of rotatable bonds is 24. The molecule has 0 atom stereocenters. The standard InChI is InChI=1S/C40H44N12O16S4.2Na/c53-19-15-51(16-20-54)39-47-35(41-27-7-11-31(12-8-27)69(57,58)59)45-37(49-39)43-29-5-3-25(33(23-29)71(63,64)65)1-2-26-4-6-30(24-34(26)72(66,67)68)44-38-46-36(48-40(50-38)52(17-21-55)18-22-56)42-28-9-13-32(14-10-28)70(60,61)62;;/h1-14,23-24,53-56H,15-22H2,(H,57,58,59)(H,60,61,62)(H,63,64,65)(H,66,67,68)(H2,41,43,45,47,49)(H2,42,44,46,48,50);;/q;2*+1/p-3/b2-1+;;. The van der Waals surface area contributed by atoms with Gasteiger partial charge >= 0.3 is 60.5 Å². The first-order valence-corrected chi connectivity index (χ1v) is 26.1. The first-order valence-electron chi connectivity index (χ1n) is 20.5. The van der Waals surface area contributed by atoms with Crippen LogP contribution in [0, 0.1) is 0 Å². The first-order chi connectivity index (χ1) is 34.0. The van der Waals surface area contributed by atoms with Crippen molar-refractivity contribution in [1.29, 1.82) is 0 Å². The van der Waals surface area contributed by atoms with E-state index in [1.807, 2.05) is 0 Å². The molecule has 6 aromatic rings. The van der Waals surface area contributed by atoms with E-state index in [9.17, 15) is 72.3 Å². The number of aliphatic hydroxyl groups is 4. The van der Waals surface area contributed by atoms with Crippen molar-refractivity contribution >= 4 is 111 Å². The average molecular weight is 1120 g/mol.